The number of amides is 1. The number of sulfonamides is 1. The van der Waals surface area contributed by atoms with Crippen LogP contribution in [-0.4, -0.2) is 30.7 Å². The van der Waals surface area contributed by atoms with Gasteiger partial charge in [-0.25, -0.2) is 8.42 Å². The summed E-state index contributed by atoms with van der Waals surface area (Å²) in [6.07, 6.45) is 7.04. The summed E-state index contributed by atoms with van der Waals surface area (Å²) >= 11 is 1.20. The number of carbonyl (C=O) groups excluding carboxylic acids is 1. The van der Waals surface area contributed by atoms with Crippen molar-refractivity contribution in [1.29, 1.82) is 0 Å². The van der Waals surface area contributed by atoms with Crippen LogP contribution >= 0.6 is 11.3 Å². The van der Waals surface area contributed by atoms with Crippen LogP contribution in [0, 0.1) is 0 Å². The third-order valence-electron chi connectivity index (χ3n) is 5.77. The van der Waals surface area contributed by atoms with Crippen LogP contribution in [0.1, 0.15) is 49.7 Å². The average molecular weight is 419 g/mol. The highest BCUT2D eigenvalue weighted by Crippen LogP contribution is 2.31. The van der Waals surface area contributed by atoms with E-state index in [0.717, 1.165) is 36.8 Å². The molecule has 1 unspecified atom stereocenters. The zero-order valence-electron chi connectivity index (χ0n) is 15.8. The molecule has 2 aliphatic rings. The zero-order chi connectivity index (χ0) is 19.6. The maximum atomic E-state index is 13.3. The van der Waals surface area contributed by atoms with Gasteiger partial charge in [-0.3, -0.25) is 4.79 Å². The number of fused-ring (bicyclic) bond motifs is 1. The minimum Gasteiger partial charge on any atom is -0.352 e. The minimum absolute atomic E-state index is 0.151. The van der Waals surface area contributed by atoms with E-state index in [1.807, 2.05) is 24.3 Å². The monoisotopic (exact) mass is 418 g/mol. The SMILES string of the molecule is O=C(NC1CCCCCC1)C1Cc2ccccc2CN1S(=O)(=O)c1cccs1. The molecule has 0 saturated heterocycles. The Morgan fingerprint density at radius 1 is 1.00 bits per heavy atom. The molecule has 5 nitrogen and oxygen atoms in total. The standard InChI is InChI=1S/C21H26N2O3S2/c24-21(22-18-10-3-1-2-4-11-18)19-14-16-8-5-6-9-17(16)15-23(19)28(25,26)20-12-7-13-27-20/h5-9,12-13,18-19H,1-4,10-11,14-15H2,(H,22,24). The molecular formula is C21H26N2O3S2. The summed E-state index contributed by atoms with van der Waals surface area (Å²) in [5, 5.41) is 4.92. The first kappa shape index (κ1) is 19.6. The molecule has 0 radical (unpaired) electrons. The molecule has 0 spiro atoms. The van der Waals surface area contributed by atoms with Gasteiger partial charge in [0, 0.05) is 12.6 Å². The predicted octanol–water partition coefficient (Wildman–Crippen LogP) is 3.70. The molecule has 0 bridgehead atoms. The topological polar surface area (TPSA) is 66.5 Å². The van der Waals surface area contributed by atoms with E-state index < -0.39 is 16.1 Å². The number of carbonyl (C=O) groups is 1. The summed E-state index contributed by atoms with van der Waals surface area (Å²) in [4.78, 5) is 13.2. The second kappa shape index (κ2) is 8.35. The van der Waals surface area contributed by atoms with E-state index in [9.17, 15) is 13.2 Å². The first-order chi connectivity index (χ1) is 13.6. The first-order valence-corrected chi connectivity index (χ1v) is 12.3. The number of hydrogen-bond donors (Lipinski definition) is 1. The number of nitrogens with one attached hydrogen (secondary N) is 1. The van der Waals surface area contributed by atoms with Gasteiger partial charge in [0.15, 0.2) is 0 Å². The quantitative estimate of drug-likeness (QED) is 0.770. The Kier molecular flexibility index (Phi) is 5.85. The molecule has 1 saturated carbocycles. The molecule has 1 aliphatic heterocycles. The zero-order valence-corrected chi connectivity index (χ0v) is 17.5. The molecule has 1 fully saturated rings. The fourth-order valence-corrected chi connectivity index (χ4v) is 6.91. The fraction of sp³-hybridized carbons (Fsp3) is 0.476. The molecule has 2 heterocycles. The lowest BCUT2D eigenvalue weighted by Crippen LogP contribution is -2.54. The van der Waals surface area contributed by atoms with Crippen LogP contribution in [0.2, 0.25) is 0 Å². The second-order valence-electron chi connectivity index (χ2n) is 7.67. The van der Waals surface area contributed by atoms with Crippen molar-refractivity contribution < 1.29 is 13.2 Å². The Morgan fingerprint density at radius 3 is 2.39 bits per heavy atom. The van der Waals surface area contributed by atoms with Gasteiger partial charge in [0.25, 0.3) is 10.0 Å². The molecular weight excluding hydrogens is 392 g/mol. The Bertz CT molecular complexity index is 917. The second-order valence-corrected chi connectivity index (χ2v) is 10.7. The van der Waals surface area contributed by atoms with Gasteiger partial charge in [-0.05, 0) is 41.8 Å². The molecule has 4 rings (SSSR count). The Labute approximate surface area is 170 Å². The van der Waals surface area contributed by atoms with E-state index in [0.29, 0.717) is 10.6 Å². The number of rotatable bonds is 4. The van der Waals surface area contributed by atoms with Gasteiger partial charge in [-0.2, -0.15) is 4.31 Å². The van der Waals surface area contributed by atoms with Crippen molar-refractivity contribution in [3.05, 3.63) is 52.9 Å². The van der Waals surface area contributed by atoms with E-state index in [-0.39, 0.29) is 18.5 Å². The Hall–Kier alpha value is -1.70. The maximum Gasteiger partial charge on any atom is 0.253 e. The molecule has 1 aliphatic carbocycles. The van der Waals surface area contributed by atoms with Crippen LogP contribution in [-0.2, 0) is 27.8 Å². The highest BCUT2D eigenvalue weighted by atomic mass is 32.2. The summed E-state index contributed by atoms with van der Waals surface area (Å²) in [6.45, 7) is 0.235. The number of thiophene rings is 1. The third-order valence-corrected chi connectivity index (χ3v) is 9.00. The van der Waals surface area contributed by atoms with Gasteiger partial charge in [0.1, 0.15) is 10.3 Å². The van der Waals surface area contributed by atoms with Crippen molar-refractivity contribution in [2.75, 3.05) is 0 Å². The molecule has 1 amide bonds. The first-order valence-electron chi connectivity index (χ1n) is 9.98. The van der Waals surface area contributed by atoms with Crippen LogP contribution < -0.4 is 5.32 Å². The van der Waals surface area contributed by atoms with E-state index in [2.05, 4.69) is 5.32 Å². The van der Waals surface area contributed by atoms with Crippen LogP contribution in [0.5, 0.6) is 0 Å². The molecule has 1 N–H and O–H groups in total. The predicted molar refractivity (Wildman–Crippen MR) is 111 cm³/mol. The summed E-state index contributed by atoms with van der Waals surface area (Å²) in [5.74, 6) is -0.165. The van der Waals surface area contributed by atoms with Crippen molar-refractivity contribution in [3.8, 4) is 0 Å². The van der Waals surface area contributed by atoms with Gasteiger partial charge in [0.2, 0.25) is 5.91 Å². The molecule has 2 aromatic rings. The van der Waals surface area contributed by atoms with Crippen LogP contribution in [0.15, 0.2) is 46.0 Å². The van der Waals surface area contributed by atoms with Crippen molar-refractivity contribution >= 4 is 27.3 Å². The summed E-state index contributed by atoms with van der Waals surface area (Å²) < 4.78 is 28.2. The summed E-state index contributed by atoms with van der Waals surface area (Å²) in [6, 6.07) is 10.6. The third kappa shape index (κ3) is 4.02. The number of benzene rings is 1. The lowest BCUT2D eigenvalue weighted by atomic mass is 9.95. The largest absolute Gasteiger partial charge is 0.352 e. The van der Waals surface area contributed by atoms with Crippen molar-refractivity contribution in [1.82, 2.24) is 9.62 Å². The van der Waals surface area contributed by atoms with Gasteiger partial charge in [-0.15, -0.1) is 11.3 Å². The highest BCUT2D eigenvalue weighted by molar-refractivity contribution is 7.91. The maximum absolute atomic E-state index is 13.3. The van der Waals surface area contributed by atoms with Crippen molar-refractivity contribution in [2.45, 2.75) is 67.8 Å². The molecule has 28 heavy (non-hydrogen) atoms. The number of nitrogens with zero attached hydrogens (tertiary/aromatic N) is 1. The van der Waals surface area contributed by atoms with E-state index in [4.69, 9.17) is 0 Å². The lowest BCUT2D eigenvalue weighted by Gasteiger charge is -2.35. The molecule has 150 valence electrons. The summed E-state index contributed by atoms with van der Waals surface area (Å²) in [7, 11) is -3.71. The fourth-order valence-electron chi connectivity index (χ4n) is 4.22. The van der Waals surface area contributed by atoms with Gasteiger partial charge < -0.3 is 5.32 Å². The van der Waals surface area contributed by atoms with E-state index in [1.165, 1.54) is 28.5 Å². The minimum atomic E-state index is -3.71. The van der Waals surface area contributed by atoms with Crippen molar-refractivity contribution in [2.24, 2.45) is 0 Å². The molecule has 1 atom stereocenters. The van der Waals surface area contributed by atoms with Crippen molar-refractivity contribution in [3.63, 3.8) is 0 Å². The van der Waals surface area contributed by atoms with Crippen LogP contribution in [0.3, 0.4) is 0 Å². The normalized spacial score (nSPS) is 21.6. The molecule has 1 aromatic carbocycles. The Balaban J connectivity index is 1.63. The van der Waals surface area contributed by atoms with Gasteiger partial charge >= 0.3 is 0 Å². The smallest absolute Gasteiger partial charge is 0.253 e. The molecule has 1 aromatic heterocycles. The average Bonchev–Trinajstić information content (AvgIpc) is 3.14. The van der Waals surface area contributed by atoms with Crippen LogP contribution in [0.4, 0.5) is 0 Å². The van der Waals surface area contributed by atoms with E-state index >= 15 is 0 Å². The van der Waals surface area contributed by atoms with Gasteiger partial charge in [-0.1, -0.05) is 56.0 Å². The van der Waals surface area contributed by atoms with Crippen LogP contribution in [0.25, 0.3) is 0 Å². The number of hydrogen-bond acceptors (Lipinski definition) is 4. The lowest BCUT2D eigenvalue weighted by molar-refractivity contribution is -0.126. The Morgan fingerprint density at radius 2 is 1.71 bits per heavy atom. The van der Waals surface area contributed by atoms with E-state index in [1.54, 1.807) is 17.5 Å². The highest BCUT2D eigenvalue weighted by Gasteiger charge is 2.40. The molecule has 7 heteroatoms. The summed E-state index contributed by atoms with van der Waals surface area (Å²) in [5.41, 5.74) is 2.03. The van der Waals surface area contributed by atoms with Gasteiger partial charge in [0.05, 0.1) is 0 Å².